The lowest BCUT2D eigenvalue weighted by Gasteiger charge is -2.36. The summed E-state index contributed by atoms with van der Waals surface area (Å²) in [5.74, 6) is -0.0573. The summed E-state index contributed by atoms with van der Waals surface area (Å²) in [5, 5.41) is 0. The van der Waals surface area contributed by atoms with Gasteiger partial charge in [0.2, 0.25) is 0 Å². The van der Waals surface area contributed by atoms with Crippen molar-refractivity contribution in [3.63, 3.8) is 0 Å². The summed E-state index contributed by atoms with van der Waals surface area (Å²) in [5.41, 5.74) is 13.1. The number of ether oxygens (including phenoxy) is 3. The fourth-order valence-corrected chi connectivity index (χ4v) is 5.85. The minimum atomic E-state index is -0.685. The maximum Gasteiger partial charge on any atom is 0.302 e. The Morgan fingerprint density at radius 1 is 0.614 bits per heavy atom. The van der Waals surface area contributed by atoms with E-state index >= 15 is 0 Å². The van der Waals surface area contributed by atoms with Crippen LogP contribution < -0.4 is 5.73 Å². The molecular weight excluding hydrogens is 546 g/mol. The highest BCUT2D eigenvalue weighted by Gasteiger charge is 2.37. The van der Waals surface area contributed by atoms with Gasteiger partial charge in [-0.3, -0.25) is 4.79 Å². The molecule has 0 aromatic heterocycles. The molecule has 1 aliphatic rings. The molecule has 1 aliphatic carbocycles. The molecule has 5 heteroatoms. The molecule has 0 saturated heterocycles. The average molecular weight is 586 g/mol. The van der Waals surface area contributed by atoms with Crippen LogP contribution in [0.4, 0.5) is 0 Å². The van der Waals surface area contributed by atoms with E-state index in [0.29, 0.717) is 33.0 Å². The molecule has 0 bridgehead atoms. The maximum atomic E-state index is 11.0. The lowest BCUT2D eigenvalue weighted by atomic mass is 9.80. The summed E-state index contributed by atoms with van der Waals surface area (Å²) < 4.78 is 17.3. The van der Waals surface area contributed by atoms with E-state index < -0.39 is 5.60 Å². The van der Waals surface area contributed by atoms with E-state index in [9.17, 15) is 4.79 Å². The molecule has 0 fully saturated rings. The largest absolute Gasteiger partial charge is 0.465 e. The van der Waals surface area contributed by atoms with E-state index in [2.05, 4.69) is 60.7 Å². The van der Waals surface area contributed by atoms with Crippen molar-refractivity contribution in [2.75, 3.05) is 33.0 Å². The van der Waals surface area contributed by atoms with Crippen LogP contribution >= 0.6 is 0 Å². The zero-order chi connectivity index (χ0) is 30.6. The van der Waals surface area contributed by atoms with Crippen LogP contribution in [0.5, 0.6) is 0 Å². The highest BCUT2D eigenvalue weighted by Crippen LogP contribution is 2.44. The Bertz CT molecular complexity index is 1460. The number of nitrogens with two attached hydrogens (primary N) is 1. The molecule has 224 valence electrons. The van der Waals surface area contributed by atoms with E-state index in [1.54, 1.807) is 0 Å². The fraction of sp³-hybridized carbons (Fsp3) is 0.205. The summed E-state index contributed by atoms with van der Waals surface area (Å²) in [6.45, 7) is 3.90. The van der Waals surface area contributed by atoms with Gasteiger partial charge in [-0.15, -0.1) is 0 Å². The van der Waals surface area contributed by atoms with Gasteiger partial charge < -0.3 is 19.9 Å². The second-order valence-electron chi connectivity index (χ2n) is 10.6. The van der Waals surface area contributed by atoms with Crippen molar-refractivity contribution in [1.82, 2.24) is 0 Å². The standard InChI is InChI=1S/C23H25NO2.C16H14O2/c24-16-17-25-18-19-26-23(20-10-4-1-5-11-20,21-12-6-2-7-13-21)22-14-8-3-9-15-22;1-11(17)18-10-16-14-8-4-2-6-12(14)13-7-3-5-9-15(13)16/h1-15H,16-19,24H2;2-9,16H,10H2,1H3. The zero-order valence-corrected chi connectivity index (χ0v) is 25.1. The number of hydrogen-bond donors (Lipinski definition) is 1. The molecule has 6 rings (SSSR count). The Morgan fingerprint density at radius 3 is 1.48 bits per heavy atom. The molecule has 0 spiro atoms. The van der Waals surface area contributed by atoms with Gasteiger partial charge in [0.25, 0.3) is 0 Å². The van der Waals surface area contributed by atoms with Gasteiger partial charge in [-0.1, -0.05) is 140 Å². The first-order valence-corrected chi connectivity index (χ1v) is 15.0. The van der Waals surface area contributed by atoms with Crippen LogP contribution in [0, 0.1) is 0 Å². The number of benzene rings is 5. The SMILES string of the molecule is CC(=O)OCC1c2ccccc2-c2ccccc21.NCCOCCOC(c1ccccc1)(c1ccccc1)c1ccccc1. The molecule has 5 nitrogen and oxygen atoms in total. The molecule has 0 unspecified atom stereocenters. The quantitative estimate of drug-likeness (QED) is 0.0998. The molecule has 44 heavy (non-hydrogen) atoms. The fourth-order valence-electron chi connectivity index (χ4n) is 5.85. The highest BCUT2D eigenvalue weighted by molar-refractivity contribution is 5.79. The molecule has 0 aliphatic heterocycles. The first-order valence-electron chi connectivity index (χ1n) is 15.0. The van der Waals surface area contributed by atoms with Crippen LogP contribution in [0.15, 0.2) is 140 Å². The maximum absolute atomic E-state index is 11.0. The molecule has 2 N–H and O–H groups in total. The van der Waals surface area contributed by atoms with E-state index in [-0.39, 0.29) is 11.9 Å². The van der Waals surface area contributed by atoms with Crippen molar-refractivity contribution >= 4 is 5.97 Å². The van der Waals surface area contributed by atoms with E-state index in [1.165, 1.54) is 29.2 Å². The van der Waals surface area contributed by atoms with Crippen molar-refractivity contribution in [3.8, 4) is 11.1 Å². The van der Waals surface area contributed by atoms with Gasteiger partial charge in [-0.2, -0.15) is 0 Å². The molecule has 0 atom stereocenters. The van der Waals surface area contributed by atoms with Crippen molar-refractivity contribution < 1.29 is 19.0 Å². The summed E-state index contributed by atoms with van der Waals surface area (Å²) in [6, 6.07) is 47.7. The van der Waals surface area contributed by atoms with E-state index in [0.717, 1.165) is 16.7 Å². The minimum absolute atomic E-state index is 0.168. The van der Waals surface area contributed by atoms with Crippen LogP contribution in [0.3, 0.4) is 0 Å². The third kappa shape index (κ3) is 6.98. The van der Waals surface area contributed by atoms with Gasteiger partial charge in [-0.25, -0.2) is 0 Å². The van der Waals surface area contributed by atoms with Gasteiger partial charge in [0, 0.05) is 19.4 Å². The van der Waals surface area contributed by atoms with Crippen LogP contribution in [0.25, 0.3) is 11.1 Å². The molecule has 5 aromatic carbocycles. The molecule has 0 heterocycles. The molecular formula is C39H39NO4. The molecule has 5 aromatic rings. The minimum Gasteiger partial charge on any atom is -0.465 e. The number of rotatable bonds is 11. The first kappa shape index (κ1) is 30.9. The molecule has 0 saturated carbocycles. The third-order valence-electron chi connectivity index (χ3n) is 7.77. The Kier molecular flexibility index (Phi) is 10.7. The van der Waals surface area contributed by atoms with Crippen molar-refractivity contribution in [3.05, 3.63) is 167 Å². The van der Waals surface area contributed by atoms with Gasteiger partial charge >= 0.3 is 5.97 Å². The van der Waals surface area contributed by atoms with Crippen LogP contribution in [-0.2, 0) is 24.6 Å². The first-order chi connectivity index (χ1) is 21.6. The summed E-state index contributed by atoms with van der Waals surface area (Å²) >= 11 is 0. The lowest BCUT2D eigenvalue weighted by molar-refractivity contribution is -0.141. The second-order valence-corrected chi connectivity index (χ2v) is 10.6. The van der Waals surface area contributed by atoms with E-state index in [4.69, 9.17) is 19.9 Å². The molecule has 0 amide bonds. The summed E-state index contributed by atoms with van der Waals surface area (Å²) in [6.07, 6.45) is 0. The number of carbonyl (C=O) groups is 1. The van der Waals surface area contributed by atoms with Gasteiger partial charge in [0.1, 0.15) is 12.2 Å². The van der Waals surface area contributed by atoms with Gasteiger partial charge in [0.05, 0.1) is 19.8 Å². The Labute approximate surface area is 260 Å². The Hall–Kier alpha value is -4.55. The number of hydrogen-bond acceptors (Lipinski definition) is 5. The smallest absolute Gasteiger partial charge is 0.302 e. The summed E-state index contributed by atoms with van der Waals surface area (Å²) in [7, 11) is 0. The topological polar surface area (TPSA) is 70.8 Å². The predicted molar refractivity (Wildman–Crippen MR) is 175 cm³/mol. The Morgan fingerprint density at radius 2 is 1.05 bits per heavy atom. The molecule has 0 radical (unpaired) electrons. The number of carbonyl (C=O) groups excluding carboxylic acids is 1. The van der Waals surface area contributed by atoms with Crippen LogP contribution in [0.2, 0.25) is 0 Å². The van der Waals surface area contributed by atoms with Crippen molar-refractivity contribution in [1.29, 1.82) is 0 Å². The van der Waals surface area contributed by atoms with Gasteiger partial charge in [-0.05, 0) is 38.9 Å². The average Bonchev–Trinajstić information content (AvgIpc) is 3.40. The monoisotopic (exact) mass is 585 g/mol. The van der Waals surface area contributed by atoms with E-state index in [1.807, 2.05) is 78.9 Å². The van der Waals surface area contributed by atoms with Crippen LogP contribution in [-0.4, -0.2) is 38.9 Å². The third-order valence-corrected chi connectivity index (χ3v) is 7.77. The summed E-state index contributed by atoms with van der Waals surface area (Å²) in [4.78, 5) is 11.0. The zero-order valence-electron chi connectivity index (χ0n) is 25.1. The number of fused-ring (bicyclic) bond motifs is 3. The second kappa shape index (κ2) is 15.3. The normalized spacial score (nSPS) is 12.0. The van der Waals surface area contributed by atoms with Gasteiger partial charge in [0.15, 0.2) is 0 Å². The van der Waals surface area contributed by atoms with Crippen LogP contribution in [0.1, 0.15) is 40.7 Å². The lowest BCUT2D eigenvalue weighted by Crippen LogP contribution is -2.34. The van der Waals surface area contributed by atoms with Crippen molar-refractivity contribution in [2.24, 2.45) is 5.73 Å². The predicted octanol–water partition coefficient (Wildman–Crippen LogP) is 7.33. The van der Waals surface area contributed by atoms with Crippen molar-refractivity contribution in [2.45, 2.75) is 18.4 Å². The highest BCUT2D eigenvalue weighted by atomic mass is 16.5. The number of esters is 1. The Balaban J connectivity index is 0.000000186.